The van der Waals surface area contributed by atoms with E-state index in [0.29, 0.717) is 21.5 Å². The van der Waals surface area contributed by atoms with Gasteiger partial charge < -0.3 is 4.90 Å². The second kappa shape index (κ2) is 4.87. The molecule has 1 aliphatic carbocycles. The van der Waals surface area contributed by atoms with Gasteiger partial charge in [-0.05, 0) is 43.9 Å². The Morgan fingerprint density at radius 3 is 2.53 bits per heavy atom. The summed E-state index contributed by atoms with van der Waals surface area (Å²) in [5.41, 5.74) is 0.592. The maximum absolute atomic E-state index is 12.2. The van der Waals surface area contributed by atoms with Crippen LogP contribution >= 0.6 is 23.2 Å². The van der Waals surface area contributed by atoms with E-state index < -0.39 is 0 Å². The molecule has 17 heavy (non-hydrogen) atoms. The van der Waals surface area contributed by atoms with Crippen LogP contribution in [-0.2, 0) is 0 Å². The highest BCUT2D eigenvalue weighted by Crippen LogP contribution is 2.35. The van der Waals surface area contributed by atoms with Gasteiger partial charge in [-0.1, -0.05) is 23.2 Å². The molecule has 0 N–H and O–H groups in total. The summed E-state index contributed by atoms with van der Waals surface area (Å²) in [7, 11) is 1.84. The molecule has 1 aromatic carbocycles. The quantitative estimate of drug-likeness (QED) is 0.818. The number of halogens is 2. The number of carbonyl (C=O) groups is 1. The molecule has 0 bridgehead atoms. The van der Waals surface area contributed by atoms with Crippen molar-refractivity contribution >= 4 is 29.1 Å². The van der Waals surface area contributed by atoms with Crippen molar-refractivity contribution in [2.24, 2.45) is 5.92 Å². The SMILES string of the molecule is CC(C1CC1)N(C)C(=O)c1ccc(Cl)c(Cl)c1. The van der Waals surface area contributed by atoms with Crippen LogP contribution in [0.4, 0.5) is 0 Å². The monoisotopic (exact) mass is 271 g/mol. The lowest BCUT2D eigenvalue weighted by molar-refractivity contribution is 0.0727. The highest BCUT2D eigenvalue weighted by atomic mass is 35.5. The van der Waals surface area contributed by atoms with Gasteiger partial charge in [0.05, 0.1) is 10.0 Å². The summed E-state index contributed by atoms with van der Waals surface area (Å²) >= 11 is 11.7. The van der Waals surface area contributed by atoms with Crippen LogP contribution in [0.5, 0.6) is 0 Å². The van der Waals surface area contributed by atoms with Gasteiger partial charge in [0.15, 0.2) is 0 Å². The van der Waals surface area contributed by atoms with Crippen molar-refractivity contribution in [2.75, 3.05) is 7.05 Å². The third kappa shape index (κ3) is 2.75. The van der Waals surface area contributed by atoms with Gasteiger partial charge in [-0.15, -0.1) is 0 Å². The van der Waals surface area contributed by atoms with Crippen molar-refractivity contribution < 1.29 is 4.79 Å². The Morgan fingerprint density at radius 1 is 1.35 bits per heavy atom. The minimum Gasteiger partial charge on any atom is -0.339 e. The third-order valence-corrected chi connectivity index (χ3v) is 4.14. The topological polar surface area (TPSA) is 20.3 Å². The van der Waals surface area contributed by atoms with Crippen molar-refractivity contribution in [3.8, 4) is 0 Å². The number of hydrogen-bond acceptors (Lipinski definition) is 1. The van der Waals surface area contributed by atoms with Gasteiger partial charge in [-0.25, -0.2) is 0 Å². The van der Waals surface area contributed by atoms with Crippen molar-refractivity contribution in [2.45, 2.75) is 25.8 Å². The molecule has 2 nitrogen and oxygen atoms in total. The van der Waals surface area contributed by atoms with Gasteiger partial charge >= 0.3 is 0 Å². The van der Waals surface area contributed by atoms with E-state index in [1.54, 1.807) is 23.1 Å². The Balaban J connectivity index is 2.15. The molecule has 1 atom stereocenters. The van der Waals surface area contributed by atoms with Crippen LogP contribution in [0.15, 0.2) is 18.2 Å². The van der Waals surface area contributed by atoms with Crippen molar-refractivity contribution in [1.82, 2.24) is 4.90 Å². The summed E-state index contributed by atoms with van der Waals surface area (Å²) in [6.07, 6.45) is 2.44. The average Bonchev–Trinajstić information content (AvgIpc) is 3.14. The highest BCUT2D eigenvalue weighted by molar-refractivity contribution is 6.42. The van der Waals surface area contributed by atoms with E-state index in [9.17, 15) is 4.79 Å². The van der Waals surface area contributed by atoms with Gasteiger partial charge in [0.25, 0.3) is 5.91 Å². The molecule has 2 rings (SSSR count). The molecule has 0 aliphatic heterocycles. The summed E-state index contributed by atoms with van der Waals surface area (Å²) in [5, 5.41) is 0.895. The lowest BCUT2D eigenvalue weighted by Gasteiger charge is -2.25. The Morgan fingerprint density at radius 2 is 2.00 bits per heavy atom. The Labute approximate surface area is 112 Å². The largest absolute Gasteiger partial charge is 0.339 e. The fraction of sp³-hybridized carbons (Fsp3) is 0.462. The van der Waals surface area contributed by atoms with Crippen LogP contribution in [0.1, 0.15) is 30.1 Å². The smallest absolute Gasteiger partial charge is 0.253 e. The molecule has 1 fully saturated rings. The van der Waals surface area contributed by atoms with Gasteiger partial charge in [-0.3, -0.25) is 4.79 Å². The summed E-state index contributed by atoms with van der Waals surface area (Å²) < 4.78 is 0. The molecular weight excluding hydrogens is 257 g/mol. The molecule has 1 aromatic rings. The average molecular weight is 272 g/mol. The van der Waals surface area contributed by atoms with Gasteiger partial charge in [0.1, 0.15) is 0 Å². The molecule has 1 unspecified atom stereocenters. The Kier molecular flexibility index (Phi) is 3.64. The second-order valence-electron chi connectivity index (χ2n) is 4.62. The van der Waals surface area contributed by atoms with Crippen molar-refractivity contribution in [3.05, 3.63) is 33.8 Å². The van der Waals surface area contributed by atoms with Crippen molar-refractivity contribution in [1.29, 1.82) is 0 Å². The van der Waals surface area contributed by atoms with Gasteiger partial charge in [-0.2, -0.15) is 0 Å². The first-order valence-corrected chi connectivity index (χ1v) is 6.48. The highest BCUT2D eigenvalue weighted by Gasteiger charge is 2.32. The molecule has 92 valence electrons. The van der Waals surface area contributed by atoms with Crippen LogP contribution in [0.25, 0.3) is 0 Å². The predicted molar refractivity (Wildman–Crippen MR) is 70.7 cm³/mol. The summed E-state index contributed by atoms with van der Waals surface area (Å²) in [4.78, 5) is 14.0. The van der Waals surface area contributed by atoms with E-state index in [2.05, 4.69) is 6.92 Å². The zero-order valence-corrected chi connectivity index (χ0v) is 11.4. The Hall–Kier alpha value is -0.730. The van der Waals surface area contributed by atoms with Gasteiger partial charge in [0.2, 0.25) is 0 Å². The maximum atomic E-state index is 12.2. The van der Waals surface area contributed by atoms with Crippen molar-refractivity contribution in [3.63, 3.8) is 0 Å². The Bertz CT molecular complexity index is 443. The number of rotatable bonds is 3. The fourth-order valence-electron chi connectivity index (χ4n) is 1.91. The number of benzene rings is 1. The molecule has 4 heteroatoms. The summed E-state index contributed by atoms with van der Waals surface area (Å²) in [5.74, 6) is 0.662. The molecule has 0 heterocycles. The predicted octanol–water partition coefficient (Wildman–Crippen LogP) is 3.86. The lowest BCUT2D eigenvalue weighted by Crippen LogP contribution is -2.36. The first kappa shape index (κ1) is 12.7. The normalized spacial score (nSPS) is 16.7. The van der Waals surface area contributed by atoms with E-state index in [4.69, 9.17) is 23.2 Å². The molecule has 1 saturated carbocycles. The number of carbonyl (C=O) groups excluding carboxylic acids is 1. The molecule has 0 aromatic heterocycles. The number of nitrogens with zero attached hydrogens (tertiary/aromatic N) is 1. The second-order valence-corrected chi connectivity index (χ2v) is 5.44. The van der Waals surface area contributed by atoms with E-state index in [0.717, 1.165) is 0 Å². The molecule has 0 spiro atoms. The van der Waals surface area contributed by atoms with Crippen LogP contribution < -0.4 is 0 Å². The minimum absolute atomic E-state index is 0.00275. The molecular formula is C13H15Cl2NO. The van der Waals surface area contributed by atoms with Crippen LogP contribution in [0, 0.1) is 5.92 Å². The summed E-state index contributed by atoms with van der Waals surface area (Å²) in [6, 6.07) is 5.29. The first-order chi connectivity index (χ1) is 8.00. The fourth-order valence-corrected chi connectivity index (χ4v) is 2.21. The van der Waals surface area contributed by atoms with E-state index in [1.165, 1.54) is 12.8 Å². The maximum Gasteiger partial charge on any atom is 0.253 e. The number of hydrogen-bond donors (Lipinski definition) is 0. The molecule has 0 saturated heterocycles. The van der Waals surface area contributed by atoms with Crippen LogP contribution in [0.2, 0.25) is 10.0 Å². The minimum atomic E-state index is 0.00275. The lowest BCUT2D eigenvalue weighted by atomic mass is 10.1. The summed E-state index contributed by atoms with van der Waals surface area (Å²) in [6.45, 7) is 2.09. The van der Waals surface area contributed by atoms with E-state index in [1.807, 2.05) is 7.05 Å². The third-order valence-electron chi connectivity index (χ3n) is 3.40. The van der Waals surface area contributed by atoms with Crippen LogP contribution in [0.3, 0.4) is 0 Å². The number of amides is 1. The zero-order valence-electron chi connectivity index (χ0n) is 9.91. The standard InChI is InChI=1S/C13H15Cl2NO/c1-8(9-3-4-9)16(2)13(17)10-5-6-11(14)12(15)7-10/h5-9H,3-4H2,1-2H3. The van der Waals surface area contributed by atoms with E-state index >= 15 is 0 Å². The van der Waals surface area contributed by atoms with E-state index in [-0.39, 0.29) is 11.9 Å². The first-order valence-electron chi connectivity index (χ1n) is 5.73. The molecule has 0 radical (unpaired) electrons. The van der Waals surface area contributed by atoms with Gasteiger partial charge in [0, 0.05) is 18.7 Å². The molecule has 1 aliphatic rings. The molecule has 1 amide bonds. The zero-order chi connectivity index (χ0) is 12.6. The van der Waals surface area contributed by atoms with Crippen LogP contribution in [-0.4, -0.2) is 23.9 Å².